The second-order valence-corrected chi connectivity index (χ2v) is 1.37. The van der Waals surface area contributed by atoms with Gasteiger partial charge in [0.1, 0.15) is 0 Å². The summed E-state index contributed by atoms with van der Waals surface area (Å²) in [6, 6.07) is 0. The van der Waals surface area contributed by atoms with Crippen LogP contribution in [0.15, 0.2) is 10.9 Å². The smallest absolute Gasteiger partial charge is 0.109 e. The maximum absolute atomic E-state index is 2.22. The van der Waals surface area contributed by atoms with Crippen molar-refractivity contribution in [1.82, 2.24) is 0 Å². The van der Waals surface area contributed by atoms with Crippen LogP contribution in [-0.2, 0) is 0 Å². The second-order valence-electron chi connectivity index (χ2n) is 1.37. The highest BCUT2D eigenvalue weighted by Crippen LogP contribution is 2.44. The third-order valence-corrected chi connectivity index (χ3v) is 0.933. The number of rotatable bonds is 0. The Bertz CT molecular complexity index is 71.5. The van der Waals surface area contributed by atoms with Crippen molar-refractivity contribution < 1.29 is 0 Å². The number of hydrogen-bond donors (Lipinski definition) is 0. The van der Waals surface area contributed by atoms with Gasteiger partial charge in [-0.15, -0.1) is 10.9 Å². The lowest BCUT2D eigenvalue weighted by atomic mass is 9.81. The van der Waals surface area contributed by atoms with Crippen LogP contribution < -0.4 is 0 Å². The first-order valence-electron chi connectivity index (χ1n) is 1.53. The standard InChI is InChI=1S/C3H2B/c1-2-3(1)4-2/h1H2. The Morgan fingerprint density at radius 2 is 1.75 bits per heavy atom. The van der Waals surface area contributed by atoms with E-state index in [1.54, 1.807) is 10.9 Å². The Hall–Kier alpha value is -0.195. The molecule has 0 saturated carbocycles. The molecule has 1 heterocycles. The maximum Gasteiger partial charge on any atom is 0.178 e. The molecule has 2 rings (SSSR count). The molecule has 0 unspecified atom stereocenters. The van der Waals surface area contributed by atoms with Crippen molar-refractivity contribution in [2.24, 2.45) is 0 Å². The highest BCUT2D eigenvalue weighted by atomic mass is 14.2. The van der Waals surface area contributed by atoms with E-state index in [2.05, 4.69) is 7.28 Å². The van der Waals surface area contributed by atoms with Crippen molar-refractivity contribution in [3.05, 3.63) is 10.9 Å². The van der Waals surface area contributed by atoms with E-state index >= 15 is 0 Å². The van der Waals surface area contributed by atoms with Crippen LogP contribution in [-0.4, -0.2) is 7.28 Å². The first kappa shape index (κ1) is 1.30. The summed E-state index contributed by atoms with van der Waals surface area (Å²) in [5.74, 6) is 0. The zero-order valence-electron chi connectivity index (χ0n) is 2.28. The van der Waals surface area contributed by atoms with Gasteiger partial charge in [0.2, 0.25) is 0 Å². The van der Waals surface area contributed by atoms with Gasteiger partial charge in [0, 0.05) is 0 Å². The van der Waals surface area contributed by atoms with E-state index in [0.29, 0.717) is 0 Å². The molecule has 0 aromatic rings. The van der Waals surface area contributed by atoms with Crippen molar-refractivity contribution in [2.75, 3.05) is 0 Å². The molecule has 0 amide bonds. The fourth-order valence-electron chi connectivity index (χ4n) is 0.306. The third-order valence-electron chi connectivity index (χ3n) is 0.933. The average molecular weight is 48.9 g/mol. The largest absolute Gasteiger partial charge is 0.178 e. The molecule has 0 bridgehead atoms. The Balaban J connectivity index is 2.77. The quantitative estimate of drug-likeness (QED) is 0.346. The van der Waals surface area contributed by atoms with Gasteiger partial charge in [0.05, 0.1) is 0 Å². The molecule has 1 heteroatoms. The molecule has 0 nitrogen and oxygen atoms in total. The van der Waals surface area contributed by atoms with E-state index in [4.69, 9.17) is 0 Å². The van der Waals surface area contributed by atoms with Crippen molar-refractivity contribution in [1.29, 1.82) is 0 Å². The van der Waals surface area contributed by atoms with Gasteiger partial charge < -0.3 is 0 Å². The summed E-state index contributed by atoms with van der Waals surface area (Å²) in [5.41, 5.74) is 3.25. The first-order chi connectivity index (χ1) is 1.97. The monoisotopic (exact) mass is 49.0 g/mol. The van der Waals surface area contributed by atoms with Crippen molar-refractivity contribution >= 4 is 7.28 Å². The van der Waals surface area contributed by atoms with Gasteiger partial charge in [-0.1, -0.05) is 0 Å². The van der Waals surface area contributed by atoms with E-state index in [9.17, 15) is 0 Å². The molecule has 1 radical (unpaired) electrons. The average Bonchev–Trinajstić information content (AvgIpc) is 1.36. The summed E-state index contributed by atoms with van der Waals surface area (Å²) < 4.78 is 0. The lowest BCUT2D eigenvalue weighted by Crippen LogP contribution is -1.71. The highest BCUT2D eigenvalue weighted by molar-refractivity contribution is 6.73. The molecule has 0 fully saturated rings. The fraction of sp³-hybridized carbons (Fsp3) is 0.333. The molecule has 1 aliphatic carbocycles. The van der Waals surface area contributed by atoms with Gasteiger partial charge >= 0.3 is 0 Å². The number of hydrogen-bond acceptors (Lipinski definition) is 0. The summed E-state index contributed by atoms with van der Waals surface area (Å²) in [5, 5.41) is 0. The van der Waals surface area contributed by atoms with Gasteiger partial charge in [-0.25, -0.2) is 0 Å². The Kier molecular flexibility index (Phi) is 0.0486. The van der Waals surface area contributed by atoms with Crippen LogP contribution >= 0.6 is 0 Å². The lowest BCUT2D eigenvalue weighted by molar-refractivity contribution is 1.58. The molecular formula is C3H2B. The third kappa shape index (κ3) is 0.0192. The van der Waals surface area contributed by atoms with Gasteiger partial charge in [0.25, 0.3) is 0 Å². The van der Waals surface area contributed by atoms with Crippen LogP contribution in [0.3, 0.4) is 0 Å². The molecule has 1 aliphatic heterocycles. The van der Waals surface area contributed by atoms with Crippen LogP contribution in [0.5, 0.6) is 0 Å². The van der Waals surface area contributed by atoms with E-state index in [1.807, 2.05) is 0 Å². The SMILES string of the molecule is [B]1C2=C1C2. The normalized spacial score (nSPS) is 28.0. The van der Waals surface area contributed by atoms with Crippen LogP contribution in [0, 0.1) is 0 Å². The summed E-state index contributed by atoms with van der Waals surface area (Å²) in [7, 11) is 2.22. The summed E-state index contributed by atoms with van der Waals surface area (Å²) in [6.07, 6.45) is 1.36. The van der Waals surface area contributed by atoms with Crippen LogP contribution in [0.2, 0.25) is 0 Å². The number of allylic oxidation sites excluding steroid dienone is 2. The highest BCUT2D eigenvalue weighted by Gasteiger charge is 2.36. The Labute approximate surface area is 25.8 Å². The summed E-state index contributed by atoms with van der Waals surface area (Å²) in [4.78, 5) is 0. The molecule has 0 spiro atoms. The van der Waals surface area contributed by atoms with Crippen LogP contribution in [0.4, 0.5) is 0 Å². The zero-order chi connectivity index (χ0) is 2.57. The maximum atomic E-state index is 2.22. The Morgan fingerprint density at radius 3 is 1.75 bits per heavy atom. The minimum absolute atomic E-state index is 1.36. The minimum Gasteiger partial charge on any atom is -0.109 e. The van der Waals surface area contributed by atoms with Gasteiger partial charge in [-0.3, -0.25) is 0 Å². The van der Waals surface area contributed by atoms with Crippen LogP contribution in [0.1, 0.15) is 6.42 Å². The molecule has 0 N–H and O–H groups in total. The van der Waals surface area contributed by atoms with E-state index in [-0.39, 0.29) is 0 Å². The van der Waals surface area contributed by atoms with Gasteiger partial charge in [-0.2, -0.15) is 0 Å². The molecule has 0 aromatic carbocycles. The first-order valence-corrected chi connectivity index (χ1v) is 1.53. The predicted molar refractivity (Wildman–Crippen MR) is 17.4 cm³/mol. The lowest BCUT2D eigenvalue weighted by Gasteiger charge is -1.68. The van der Waals surface area contributed by atoms with E-state index in [0.717, 1.165) is 0 Å². The minimum atomic E-state index is 1.36. The van der Waals surface area contributed by atoms with Crippen molar-refractivity contribution in [3.8, 4) is 0 Å². The van der Waals surface area contributed by atoms with Gasteiger partial charge in [-0.05, 0) is 6.42 Å². The molecule has 4 heavy (non-hydrogen) atoms. The molecule has 2 aliphatic rings. The summed E-state index contributed by atoms with van der Waals surface area (Å²) >= 11 is 0. The molecule has 0 atom stereocenters. The Morgan fingerprint density at radius 1 is 1.50 bits per heavy atom. The van der Waals surface area contributed by atoms with Crippen molar-refractivity contribution in [3.63, 3.8) is 0 Å². The second kappa shape index (κ2) is 0.150. The molecular weight excluding hydrogens is 46.8 g/mol. The van der Waals surface area contributed by atoms with Gasteiger partial charge in [0.15, 0.2) is 7.28 Å². The van der Waals surface area contributed by atoms with E-state index in [1.165, 1.54) is 6.42 Å². The summed E-state index contributed by atoms with van der Waals surface area (Å²) in [6.45, 7) is 0. The molecule has 17 valence electrons. The van der Waals surface area contributed by atoms with Crippen molar-refractivity contribution in [2.45, 2.75) is 6.42 Å². The molecule has 0 aromatic heterocycles. The van der Waals surface area contributed by atoms with Crippen LogP contribution in [0.25, 0.3) is 0 Å². The topological polar surface area (TPSA) is 0 Å². The predicted octanol–water partition coefficient (Wildman–Crippen LogP) is 0.319. The van der Waals surface area contributed by atoms with E-state index < -0.39 is 0 Å². The molecule has 0 saturated heterocycles. The zero-order valence-corrected chi connectivity index (χ0v) is 2.28. The fourth-order valence-corrected chi connectivity index (χ4v) is 0.306.